The Kier molecular flexibility index (Phi) is 7.39. The molecule has 1 atom stereocenters. The molecule has 4 rings (SSSR count). The van der Waals surface area contributed by atoms with Crippen molar-refractivity contribution in [1.29, 1.82) is 0 Å². The number of carbonyl (C=O) groups excluding carboxylic acids is 2. The topological polar surface area (TPSA) is 85.3 Å². The molecule has 1 heterocycles. The molecule has 0 fully saturated rings. The number of methoxy groups -OCH3 is 2. The summed E-state index contributed by atoms with van der Waals surface area (Å²) in [4.78, 5) is 28.2. The van der Waals surface area contributed by atoms with Crippen molar-refractivity contribution in [3.05, 3.63) is 101 Å². The zero-order chi connectivity index (χ0) is 25.7. The van der Waals surface area contributed by atoms with Crippen molar-refractivity contribution in [2.45, 2.75) is 13.0 Å². The SMILES string of the molecule is CCOc1ccc(N2C(=O)C(O)=C(C(=O)C=Cc3ccccc3)C2c2ccc(OC)cc2OC)cc1. The van der Waals surface area contributed by atoms with E-state index in [0.29, 0.717) is 35.1 Å². The predicted octanol–water partition coefficient (Wildman–Crippen LogP) is 5.29. The van der Waals surface area contributed by atoms with Crippen LogP contribution in [0.4, 0.5) is 5.69 Å². The molecule has 1 amide bonds. The summed E-state index contributed by atoms with van der Waals surface area (Å²) in [7, 11) is 3.03. The highest BCUT2D eigenvalue weighted by molar-refractivity contribution is 6.20. The van der Waals surface area contributed by atoms with Gasteiger partial charge in [0.1, 0.15) is 17.2 Å². The number of ketones is 1. The molecule has 1 aliphatic heterocycles. The number of anilines is 1. The first kappa shape index (κ1) is 24.6. The molecule has 1 N–H and O–H groups in total. The standard InChI is InChI=1S/C29H27NO6/c1-4-36-21-13-11-20(12-14-21)30-27(23-16-15-22(34-2)18-25(23)35-3)26(28(32)29(30)33)24(31)17-10-19-8-6-5-7-9-19/h5-18,27,32H,4H2,1-3H3. The molecule has 7 heteroatoms. The third-order valence-corrected chi connectivity index (χ3v) is 5.86. The monoisotopic (exact) mass is 485 g/mol. The number of allylic oxidation sites excluding steroid dienone is 1. The van der Waals surface area contributed by atoms with Gasteiger partial charge in [-0.3, -0.25) is 14.5 Å². The first-order chi connectivity index (χ1) is 17.5. The van der Waals surface area contributed by atoms with E-state index in [1.807, 2.05) is 37.3 Å². The molecular formula is C29H27NO6. The summed E-state index contributed by atoms with van der Waals surface area (Å²) >= 11 is 0. The van der Waals surface area contributed by atoms with E-state index in [1.54, 1.807) is 48.5 Å². The first-order valence-electron chi connectivity index (χ1n) is 11.5. The summed E-state index contributed by atoms with van der Waals surface area (Å²) in [5, 5.41) is 10.9. The molecule has 36 heavy (non-hydrogen) atoms. The maximum absolute atomic E-state index is 13.4. The zero-order valence-corrected chi connectivity index (χ0v) is 20.3. The van der Waals surface area contributed by atoms with E-state index in [1.165, 1.54) is 25.2 Å². The van der Waals surface area contributed by atoms with Gasteiger partial charge < -0.3 is 19.3 Å². The summed E-state index contributed by atoms with van der Waals surface area (Å²) in [6, 6.07) is 20.4. The largest absolute Gasteiger partial charge is 0.503 e. The molecule has 3 aromatic carbocycles. The Morgan fingerprint density at radius 3 is 2.31 bits per heavy atom. The van der Waals surface area contributed by atoms with Gasteiger partial charge in [0.15, 0.2) is 11.5 Å². The van der Waals surface area contributed by atoms with Gasteiger partial charge in [-0.25, -0.2) is 0 Å². The van der Waals surface area contributed by atoms with E-state index in [9.17, 15) is 14.7 Å². The van der Waals surface area contributed by atoms with Gasteiger partial charge >= 0.3 is 0 Å². The van der Waals surface area contributed by atoms with Crippen molar-refractivity contribution in [2.24, 2.45) is 0 Å². The second-order valence-electron chi connectivity index (χ2n) is 7.98. The third-order valence-electron chi connectivity index (χ3n) is 5.86. The lowest BCUT2D eigenvalue weighted by atomic mass is 9.94. The maximum atomic E-state index is 13.4. The fourth-order valence-corrected chi connectivity index (χ4v) is 4.16. The van der Waals surface area contributed by atoms with Gasteiger partial charge in [-0.05, 0) is 55.0 Å². The van der Waals surface area contributed by atoms with Crippen molar-refractivity contribution < 1.29 is 28.9 Å². The van der Waals surface area contributed by atoms with E-state index in [-0.39, 0.29) is 5.57 Å². The molecule has 0 aliphatic carbocycles. The van der Waals surface area contributed by atoms with E-state index < -0.39 is 23.5 Å². The quantitative estimate of drug-likeness (QED) is 0.415. The van der Waals surface area contributed by atoms with E-state index in [4.69, 9.17) is 14.2 Å². The second kappa shape index (κ2) is 10.8. The molecule has 3 aromatic rings. The lowest BCUT2D eigenvalue weighted by molar-refractivity contribution is -0.117. The average Bonchev–Trinajstić information content (AvgIpc) is 3.18. The van der Waals surface area contributed by atoms with Crippen molar-refractivity contribution >= 4 is 23.5 Å². The molecule has 184 valence electrons. The zero-order valence-electron chi connectivity index (χ0n) is 20.3. The summed E-state index contributed by atoms with van der Waals surface area (Å²) in [5.74, 6) is -0.160. The van der Waals surface area contributed by atoms with Crippen LogP contribution in [0.2, 0.25) is 0 Å². The molecule has 7 nitrogen and oxygen atoms in total. The Bertz CT molecular complexity index is 1310. The Morgan fingerprint density at radius 1 is 0.972 bits per heavy atom. The van der Waals surface area contributed by atoms with E-state index in [2.05, 4.69) is 0 Å². The summed E-state index contributed by atoms with van der Waals surface area (Å²) in [6.45, 7) is 2.38. The van der Waals surface area contributed by atoms with Gasteiger partial charge in [-0.15, -0.1) is 0 Å². The Morgan fingerprint density at radius 2 is 1.67 bits per heavy atom. The highest BCUT2D eigenvalue weighted by Crippen LogP contribution is 2.45. The van der Waals surface area contributed by atoms with Crippen molar-refractivity contribution in [3.8, 4) is 17.2 Å². The minimum Gasteiger partial charge on any atom is -0.503 e. The fraction of sp³-hybridized carbons (Fsp3) is 0.172. The van der Waals surface area contributed by atoms with Gasteiger partial charge in [0.05, 0.1) is 32.4 Å². The van der Waals surface area contributed by atoms with Crippen LogP contribution in [0.1, 0.15) is 24.1 Å². The van der Waals surface area contributed by atoms with Crippen LogP contribution in [0, 0.1) is 0 Å². The first-order valence-corrected chi connectivity index (χ1v) is 11.5. The minimum absolute atomic E-state index is 0.0375. The number of carbonyl (C=O) groups is 2. The smallest absolute Gasteiger partial charge is 0.294 e. The molecule has 0 saturated heterocycles. The van der Waals surface area contributed by atoms with Crippen LogP contribution in [0.25, 0.3) is 6.08 Å². The Labute approximate surface area is 209 Å². The Balaban J connectivity index is 1.82. The number of amides is 1. The fourth-order valence-electron chi connectivity index (χ4n) is 4.16. The lowest BCUT2D eigenvalue weighted by Crippen LogP contribution is -2.31. The van der Waals surface area contributed by atoms with Gasteiger partial charge in [0, 0.05) is 17.3 Å². The molecule has 0 bridgehead atoms. The third kappa shape index (κ3) is 4.81. The summed E-state index contributed by atoms with van der Waals surface area (Å²) in [5.41, 5.74) is 1.80. The maximum Gasteiger partial charge on any atom is 0.294 e. The number of rotatable bonds is 9. The Hall–Kier alpha value is -4.52. The van der Waals surface area contributed by atoms with Gasteiger partial charge in [0.2, 0.25) is 0 Å². The average molecular weight is 486 g/mol. The number of ether oxygens (including phenoxy) is 3. The van der Waals surface area contributed by atoms with Crippen molar-refractivity contribution in [3.63, 3.8) is 0 Å². The van der Waals surface area contributed by atoms with Crippen LogP contribution >= 0.6 is 0 Å². The van der Waals surface area contributed by atoms with Crippen LogP contribution in [0.3, 0.4) is 0 Å². The number of hydrogen-bond donors (Lipinski definition) is 1. The summed E-state index contributed by atoms with van der Waals surface area (Å²) < 4.78 is 16.4. The molecule has 1 aliphatic rings. The normalized spacial score (nSPS) is 15.5. The van der Waals surface area contributed by atoms with Gasteiger partial charge in [-0.1, -0.05) is 36.4 Å². The van der Waals surface area contributed by atoms with Crippen LogP contribution in [-0.2, 0) is 9.59 Å². The number of hydrogen-bond acceptors (Lipinski definition) is 6. The summed E-state index contributed by atoms with van der Waals surface area (Å²) in [6.07, 6.45) is 3.01. The highest BCUT2D eigenvalue weighted by atomic mass is 16.5. The van der Waals surface area contributed by atoms with Crippen LogP contribution < -0.4 is 19.1 Å². The molecule has 0 spiro atoms. The molecule has 1 unspecified atom stereocenters. The van der Waals surface area contributed by atoms with Crippen LogP contribution in [0.15, 0.2) is 90.2 Å². The number of benzene rings is 3. The molecular weight excluding hydrogens is 458 g/mol. The van der Waals surface area contributed by atoms with Crippen LogP contribution in [-0.4, -0.2) is 37.6 Å². The van der Waals surface area contributed by atoms with Crippen molar-refractivity contribution in [1.82, 2.24) is 0 Å². The molecule has 0 aromatic heterocycles. The second-order valence-corrected chi connectivity index (χ2v) is 7.98. The van der Waals surface area contributed by atoms with E-state index >= 15 is 0 Å². The van der Waals surface area contributed by atoms with Crippen LogP contribution in [0.5, 0.6) is 17.2 Å². The lowest BCUT2D eigenvalue weighted by Gasteiger charge is -2.28. The number of aliphatic hydroxyl groups is 1. The minimum atomic E-state index is -0.927. The van der Waals surface area contributed by atoms with Crippen molar-refractivity contribution in [2.75, 3.05) is 25.7 Å². The number of aliphatic hydroxyl groups excluding tert-OH is 1. The number of nitrogens with zero attached hydrogens (tertiary/aromatic N) is 1. The highest BCUT2D eigenvalue weighted by Gasteiger charge is 2.45. The predicted molar refractivity (Wildman–Crippen MR) is 138 cm³/mol. The molecule has 0 radical (unpaired) electrons. The van der Waals surface area contributed by atoms with Gasteiger partial charge in [-0.2, -0.15) is 0 Å². The molecule has 0 saturated carbocycles. The van der Waals surface area contributed by atoms with Gasteiger partial charge in [0.25, 0.3) is 5.91 Å². The van der Waals surface area contributed by atoms with E-state index in [0.717, 1.165) is 5.56 Å².